The van der Waals surface area contributed by atoms with Crippen molar-refractivity contribution in [2.45, 2.75) is 12.6 Å². The number of anilines is 1. The number of fused-ring (bicyclic) bond motifs is 3. The summed E-state index contributed by atoms with van der Waals surface area (Å²) in [5.41, 5.74) is 0.851. The zero-order chi connectivity index (χ0) is 11.0. The van der Waals surface area contributed by atoms with E-state index < -0.39 is 0 Å². The van der Waals surface area contributed by atoms with E-state index in [1.165, 1.54) is 12.3 Å². The molecule has 1 aromatic rings. The van der Waals surface area contributed by atoms with Crippen LogP contribution in [0.15, 0.2) is 12.3 Å². The number of halogens is 1. The van der Waals surface area contributed by atoms with Crippen LogP contribution >= 0.6 is 0 Å². The fraction of sp³-hybridized carbons (Fsp3) is 0.545. The van der Waals surface area contributed by atoms with Crippen molar-refractivity contribution in [3.63, 3.8) is 0 Å². The fourth-order valence-corrected chi connectivity index (χ4v) is 2.33. The van der Waals surface area contributed by atoms with Crippen LogP contribution in [-0.4, -0.2) is 37.3 Å². The predicted octanol–water partition coefficient (Wildman–Crippen LogP) is 0.529. The molecule has 5 heteroatoms. The lowest BCUT2D eigenvalue weighted by atomic mass is 10.2. The Morgan fingerprint density at radius 2 is 2.50 bits per heavy atom. The zero-order valence-corrected chi connectivity index (χ0v) is 8.95. The molecule has 2 aliphatic heterocycles. The van der Waals surface area contributed by atoms with Gasteiger partial charge in [0.25, 0.3) is 0 Å². The van der Waals surface area contributed by atoms with Gasteiger partial charge in [-0.05, 0) is 6.07 Å². The summed E-state index contributed by atoms with van der Waals surface area (Å²) in [4.78, 5) is 6.43. The van der Waals surface area contributed by atoms with Crippen molar-refractivity contribution in [2.24, 2.45) is 0 Å². The van der Waals surface area contributed by atoms with Gasteiger partial charge in [-0.1, -0.05) is 0 Å². The Labute approximate surface area is 93.4 Å². The lowest BCUT2D eigenvalue weighted by Crippen LogP contribution is -2.53. The number of aromatic nitrogens is 1. The first-order valence-corrected chi connectivity index (χ1v) is 5.54. The Kier molecular flexibility index (Phi) is 2.49. The second kappa shape index (κ2) is 3.99. The molecule has 0 unspecified atom stereocenters. The highest BCUT2D eigenvalue weighted by Crippen LogP contribution is 2.25. The van der Waals surface area contributed by atoms with Crippen molar-refractivity contribution in [1.82, 2.24) is 10.3 Å². The maximum Gasteiger partial charge on any atom is 0.142 e. The fourth-order valence-electron chi connectivity index (χ4n) is 2.33. The first-order valence-electron chi connectivity index (χ1n) is 5.54. The number of piperazine rings is 1. The third-order valence-electron chi connectivity index (χ3n) is 3.10. The van der Waals surface area contributed by atoms with Crippen molar-refractivity contribution in [1.29, 1.82) is 0 Å². The number of nitrogens with one attached hydrogen (secondary N) is 1. The minimum atomic E-state index is -0.295. The lowest BCUT2D eigenvalue weighted by molar-refractivity contribution is 0.109. The summed E-state index contributed by atoms with van der Waals surface area (Å²) < 4.78 is 18.7. The lowest BCUT2D eigenvalue weighted by Gasteiger charge is -2.35. The van der Waals surface area contributed by atoms with E-state index in [0.717, 1.165) is 31.0 Å². The van der Waals surface area contributed by atoms with Gasteiger partial charge in [0.1, 0.15) is 11.6 Å². The molecule has 1 saturated heterocycles. The number of ether oxygens (including phenoxy) is 1. The highest BCUT2D eigenvalue weighted by atomic mass is 19.1. The Bertz CT molecular complexity index is 399. The molecule has 1 atom stereocenters. The monoisotopic (exact) mass is 223 g/mol. The number of hydrogen-bond acceptors (Lipinski definition) is 4. The molecule has 0 amide bonds. The first kappa shape index (κ1) is 9.99. The van der Waals surface area contributed by atoms with Gasteiger partial charge in [-0.15, -0.1) is 0 Å². The molecule has 0 spiro atoms. The molecule has 4 nitrogen and oxygen atoms in total. The summed E-state index contributed by atoms with van der Waals surface area (Å²) >= 11 is 0. The van der Waals surface area contributed by atoms with Gasteiger partial charge in [0.2, 0.25) is 0 Å². The van der Waals surface area contributed by atoms with Crippen LogP contribution in [0.2, 0.25) is 0 Å². The average Bonchev–Trinajstić information content (AvgIpc) is 2.47. The maximum atomic E-state index is 13.1. The number of pyridine rings is 1. The van der Waals surface area contributed by atoms with Crippen LogP contribution in [0.3, 0.4) is 0 Å². The van der Waals surface area contributed by atoms with Crippen LogP contribution in [0.4, 0.5) is 10.2 Å². The van der Waals surface area contributed by atoms with E-state index in [4.69, 9.17) is 4.74 Å². The van der Waals surface area contributed by atoms with Crippen LogP contribution < -0.4 is 10.2 Å². The summed E-state index contributed by atoms with van der Waals surface area (Å²) in [6.07, 6.45) is 1.28. The largest absolute Gasteiger partial charge is 0.374 e. The quantitative estimate of drug-likeness (QED) is 0.696. The van der Waals surface area contributed by atoms with Gasteiger partial charge >= 0.3 is 0 Å². The smallest absolute Gasteiger partial charge is 0.142 e. The molecule has 16 heavy (non-hydrogen) atoms. The summed E-state index contributed by atoms with van der Waals surface area (Å²) in [5.74, 6) is 0.585. The van der Waals surface area contributed by atoms with E-state index >= 15 is 0 Å². The van der Waals surface area contributed by atoms with Gasteiger partial charge in [-0.3, -0.25) is 0 Å². The van der Waals surface area contributed by atoms with E-state index in [0.29, 0.717) is 19.3 Å². The minimum absolute atomic E-state index is 0.295. The van der Waals surface area contributed by atoms with E-state index in [9.17, 15) is 4.39 Å². The van der Waals surface area contributed by atoms with E-state index in [2.05, 4.69) is 15.2 Å². The van der Waals surface area contributed by atoms with Gasteiger partial charge in [-0.25, -0.2) is 9.37 Å². The molecule has 3 rings (SSSR count). The molecule has 2 aliphatic rings. The number of hydrogen-bond donors (Lipinski definition) is 1. The van der Waals surface area contributed by atoms with Gasteiger partial charge in [0, 0.05) is 25.2 Å². The predicted molar refractivity (Wildman–Crippen MR) is 57.9 cm³/mol. The van der Waals surface area contributed by atoms with Gasteiger partial charge in [-0.2, -0.15) is 0 Å². The number of nitrogens with zero attached hydrogens (tertiary/aromatic N) is 2. The van der Waals surface area contributed by atoms with E-state index in [-0.39, 0.29) is 5.82 Å². The molecule has 1 aromatic heterocycles. The van der Waals surface area contributed by atoms with Gasteiger partial charge in [0.05, 0.1) is 25.5 Å². The topological polar surface area (TPSA) is 37.4 Å². The minimum Gasteiger partial charge on any atom is -0.374 e. The third-order valence-corrected chi connectivity index (χ3v) is 3.10. The van der Waals surface area contributed by atoms with Crippen molar-refractivity contribution in [2.75, 3.05) is 31.1 Å². The molecule has 1 fully saturated rings. The summed E-state index contributed by atoms with van der Waals surface area (Å²) in [6, 6.07) is 1.83. The molecule has 0 radical (unpaired) electrons. The van der Waals surface area contributed by atoms with Gasteiger partial charge in [0.15, 0.2) is 0 Å². The van der Waals surface area contributed by atoms with Crippen LogP contribution in [0, 0.1) is 5.82 Å². The van der Waals surface area contributed by atoms with Crippen molar-refractivity contribution in [3.8, 4) is 0 Å². The molecule has 0 bridgehead atoms. The van der Waals surface area contributed by atoms with Crippen molar-refractivity contribution < 1.29 is 9.13 Å². The molecule has 86 valence electrons. The average molecular weight is 223 g/mol. The Morgan fingerprint density at radius 3 is 3.44 bits per heavy atom. The van der Waals surface area contributed by atoms with Crippen molar-refractivity contribution in [3.05, 3.63) is 23.6 Å². The zero-order valence-electron chi connectivity index (χ0n) is 8.95. The highest BCUT2D eigenvalue weighted by molar-refractivity contribution is 5.49. The van der Waals surface area contributed by atoms with Crippen LogP contribution in [0.1, 0.15) is 5.56 Å². The van der Waals surface area contributed by atoms with Gasteiger partial charge < -0.3 is 15.0 Å². The van der Waals surface area contributed by atoms with E-state index in [1.807, 2.05) is 0 Å². The second-order valence-corrected chi connectivity index (χ2v) is 4.20. The van der Waals surface area contributed by atoms with Crippen LogP contribution in [0.25, 0.3) is 0 Å². The summed E-state index contributed by atoms with van der Waals surface area (Å²) in [6.45, 7) is 3.87. The highest BCUT2D eigenvalue weighted by Gasteiger charge is 2.28. The summed E-state index contributed by atoms with van der Waals surface area (Å²) in [5, 5.41) is 3.33. The molecule has 3 heterocycles. The normalized spacial score (nSPS) is 24.6. The molecule has 0 aliphatic carbocycles. The maximum absolute atomic E-state index is 13.1. The number of rotatable bonds is 0. The van der Waals surface area contributed by atoms with Crippen LogP contribution in [-0.2, 0) is 11.3 Å². The van der Waals surface area contributed by atoms with E-state index in [1.54, 1.807) is 0 Å². The molecular formula is C11H14FN3O. The molecular weight excluding hydrogens is 209 g/mol. The Hall–Kier alpha value is -1.20. The third kappa shape index (κ3) is 1.66. The molecule has 0 aromatic carbocycles. The van der Waals surface area contributed by atoms with Crippen molar-refractivity contribution >= 4 is 5.82 Å². The standard InChI is InChI=1S/C11H14FN3O/c12-9-3-8-6-16-7-10-5-13-1-2-15(10)11(8)14-4-9/h3-4,10,13H,1-2,5-7H2/t10-/m1/s1. The molecule has 0 saturated carbocycles. The second-order valence-electron chi connectivity index (χ2n) is 4.20. The summed E-state index contributed by atoms with van der Waals surface area (Å²) in [7, 11) is 0. The molecule has 1 N–H and O–H groups in total. The first-order chi connectivity index (χ1) is 7.84. The van der Waals surface area contributed by atoms with Crippen LogP contribution in [0.5, 0.6) is 0 Å². The Balaban J connectivity index is 2.00. The SMILES string of the molecule is Fc1cnc2c(c1)COC[C@H]1CNCCN21. The Morgan fingerprint density at radius 1 is 1.56 bits per heavy atom.